The van der Waals surface area contributed by atoms with Crippen molar-refractivity contribution in [3.05, 3.63) is 52.5 Å². The number of anilines is 1. The van der Waals surface area contributed by atoms with Crippen LogP contribution in [0.2, 0.25) is 0 Å². The molecule has 3 atom stereocenters. The molecule has 2 amide bonds. The lowest BCUT2D eigenvalue weighted by Gasteiger charge is -2.53. The molecular weight excluding hydrogens is 558 g/mol. The van der Waals surface area contributed by atoms with Crippen LogP contribution in [0.25, 0.3) is 6.08 Å². The van der Waals surface area contributed by atoms with E-state index in [1.165, 1.54) is 30.7 Å². The number of oxime groups is 1. The first-order chi connectivity index (χ1) is 19.1. The van der Waals surface area contributed by atoms with Gasteiger partial charge >= 0.3 is 11.9 Å². The van der Waals surface area contributed by atoms with Gasteiger partial charge in [-0.2, -0.15) is 0 Å². The van der Waals surface area contributed by atoms with Crippen LogP contribution in [-0.2, 0) is 33.5 Å². The fourth-order valence-electron chi connectivity index (χ4n) is 4.25. The number of nitrogens with zero attached hydrogens (tertiary/aromatic N) is 3. The lowest BCUT2D eigenvalue weighted by molar-refractivity contribution is -0.168. The second-order valence-electron chi connectivity index (χ2n) is 9.35. The van der Waals surface area contributed by atoms with Crippen molar-refractivity contribution < 1.29 is 33.5 Å². The maximum Gasteiger partial charge on any atom is 0.318 e. The van der Waals surface area contributed by atoms with Gasteiger partial charge in [-0.1, -0.05) is 41.6 Å². The van der Waals surface area contributed by atoms with Crippen molar-refractivity contribution in [2.24, 2.45) is 10.6 Å². The summed E-state index contributed by atoms with van der Waals surface area (Å²) in [6.07, 6.45) is 1.91. The van der Waals surface area contributed by atoms with E-state index in [2.05, 4.69) is 15.5 Å². The van der Waals surface area contributed by atoms with Gasteiger partial charge in [-0.25, -0.2) is 4.98 Å². The smallest absolute Gasteiger partial charge is 0.318 e. The van der Waals surface area contributed by atoms with Crippen LogP contribution < -0.4 is 11.1 Å². The number of benzene rings is 1. The van der Waals surface area contributed by atoms with Crippen LogP contribution >= 0.6 is 23.1 Å². The molecule has 2 fully saturated rings. The third kappa shape index (κ3) is 6.45. The fraction of sp³-hybridized carbons (Fsp3) is 0.385. The number of hydrogen-bond acceptors (Lipinski definition) is 12. The number of carbonyl (C=O) groups is 4. The zero-order valence-corrected chi connectivity index (χ0v) is 23.8. The molecule has 40 heavy (non-hydrogen) atoms. The summed E-state index contributed by atoms with van der Waals surface area (Å²) < 4.78 is 10.9. The molecule has 4 rings (SSSR count). The molecule has 0 aliphatic carbocycles. The van der Waals surface area contributed by atoms with Crippen molar-refractivity contribution >= 4 is 63.8 Å². The van der Waals surface area contributed by atoms with E-state index in [4.69, 9.17) is 20.0 Å². The summed E-state index contributed by atoms with van der Waals surface area (Å²) in [7, 11) is 1.29. The Morgan fingerprint density at radius 3 is 2.65 bits per heavy atom. The number of carbonyl (C=O) groups excluding carboxylic acids is 4. The van der Waals surface area contributed by atoms with E-state index >= 15 is 0 Å². The second-order valence-corrected chi connectivity index (χ2v) is 11.3. The monoisotopic (exact) mass is 587 g/mol. The van der Waals surface area contributed by atoms with Crippen molar-refractivity contribution in [3.63, 3.8) is 0 Å². The first-order valence-electron chi connectivity index (χ1n) is 12.2. The van der Waals surface area contributed by atoms with E-state index in [-0.39, 0.29) is 48.0 Å². The van der Waals surface area contributed by atoms with Crippen LogP contribution in [-0.4, -0.2) is 83.4 Å². The molecule has 12 nitrogen and oxygen atoms in total. The molecule has 2 aromatic rings. The minimum Gasteiger partial charge on any atom is -0.465 e. The van der Waals surface area contributed by atoms with Gasteiger partial charge in [0.15, 0.2) is 10.8 Å². The van der Waals surface area contributed by atoms with Crippen molar-refractivity contribution in [3.8, 4) is 0 Å². The second kappa shape index (κ2) is 12.5. The number of nitrogen functional groups attached to an aromatic ring is 1. The number of nitrogens with one attached hydrogen (secondary N) is 1. The molecule has 2 saturated heterocycles. The summed E-state index contributed by atoms with van der Waals surface area (Å²) >= 11 is 2.43. The van der Waals surface area contributed by atoms with Gasteiger partial charge < -0.3 is 30.3 Å². The number of amides is 2. The number of rotatable bonds is 10. The summed E-state index contributed by atoms with van der Waals surface area (Å²) in [6, 6.07) is 8.76. The minimum absolute atomic E-state index is 0.0227. The number of aromatic nitrogens is 1. The SMILES string of the molecule is CON=C(C(=O)NC1C(=O)N2CC(COC(C)=O)(C(=O)OCC(C)=Cc3ccccc3)CS[C@H]12)c1csc(N)n1. The highest BCUT2D eigenvalue weighted by molar-refractivity contribution is 8.00. The zero-order valence-electron chi connectivity index (χ0n) is 22.1. The highest BCUT2D eigenvalue weighted by atomic mass is 32.2. The van der Waals surface area contributed by atoms with Gasteiger partial charge in [0, 0.05) is 24.6 Å². The number of fused-ring (bicyclic) bond motifs is 1. The van der Waals surface area contributed by atoms with Gasteiger partial charge in [0.05, 0.1) is 0 Å². The number of hydrogen-bond donors (Lipinski definition) is 2. The van der Waals surface area contributed by atoms with Crippen LogP contribution in [0.5, 0.6) is 0 Å². The number of thioether (sulfide) groups is 1. The van der Waals surface area contributed by atoms with E-state index in [1.54, 1.807) is 5.38 Å². The van der Waals surface area contributed by atoms with Gasteiger partial charge in [-0.15, -0.1) is 23.1 Å². The summed E-state index contributed by atoms with van der Waals surface area (Å²) in [4.78, 5) is 61.3. The molecule has 0 bridgehead atoms. The van der Waals surface area contributed by atoms with Crippen molar-refractivity contribution in [2.75, 3.05) is 38.4 Å². The van der Waals surface area contributed by atoms with Gasteiger partial charge in [0.2, 0.25) is 5.91 Å². The van der Waals surface area contributed by atoms with Crippen molar-refractivity contribution in [2.45, 2.75) is 25.3 Å². The predicted molar refractivity (Wildman–Crippen MR) is 150 cm³/mol. The Morgan fingerprint density at radius 2 is 2.00 bits per heavy atom. The van der Waals surface area contributed by atoms with Crippen LogP contribution in [0.3, 0.4) is 0 Å². The number of esters is 2. The minimum atomic E-state index is -1.26. The molecule has 1 aromatic heterocycles. The normalized spacial score (nSPS) is 22.6. The van der Waals surface area contributed by atoms with Crippen LogP contribution in [0.1, 0.15) is 25.1 Å². The molecule has 0 radical (unpaired) electrons. The van der Waals surface area contributed by atoms with E-state index in [0.29, 0.717) is 0 Å². The summed E-state index contributed by atoms with van der Waals surface area (Å²) in [6.45, 7) is 2.88. The molecule has 2 aliphatic rings. The average molecular weight is 588 g/mol. The van der Waals surface area contributed by atoms with Crippen molar-refractivity contribution in [1.29, 1.82) is 0 Å². The summed E-state index contributed by atoms with van der Waals surface area (Å²) in [5, 5.41) is 7.80. The molecular formula is C26H29N5O7S2. The lowest BCUT2D eigenvalue weighted by atomic mass is 9.87. The number of β-lactam (4-membered cyclic amide) rings is 1. The highest BCUT2D eigenvalue weighted by Crippen LogP contribution is 2.43. The molecule has 2 unspecified atom stereocenters. The van der Waals surface area contributed by atoms with Gasteiger partial charge in [0.25, 0.3) is 5.91 Å². The predicted octanol–water partition coefficient (Wildman–Crippen LogP) is 1.67. The number of thiazole rings is 1. The summed E-state index contributed by atoms with van der Waals surface area (Å²) in [5.74, 6) is -1.95. The lowest BCUT2D eigenvalue weighted by Crippen LogP contribution is -2.74. The molecule has 3 heterocycles. The first kappa shape index (κ1) is 29.1. The Morgan fingerprint density at radius 1 is 1.25 bits per heavy atom. The standard InChI is InChI=1S/C26H29N5O7S2/c1-15(9-17-7-5-4-6-8-17)10-37-24(35)26(13-38-16(2)32)12-31-22(34)20(23(31)40-14-26)29-21(33)19(30-36-3)18-11-39-25(27)28-18/h4-9,11,20,23H,10,12-14H2,1-3H3,(H2,27,28)(H,29,33)/t20?,23-,26?/m1/s1. The van der Waals surface area contributed by atoms with Gasteiger partial charge in [-0.3, -0.25) is 19.2 Å². The van der Waals surface area contributed by atoms with Crippen LogP contribution in [0, 0.1) is 5.41 Å². The Labute approximate surface area is 238 Å². The third-order valence-electron chi connectivity index (χ3n) is 6.22. The number of ether oxygens (including phenoxy) is 2. The molecule has 14 heteroatoms. The molecule has 0 spiro atoms. The summed E-state index contributed by atoms with van der Waals surface area (Å²) in [5.41, 5.74) is 6.31. The molecule has 0 saturated carbocycles. The zero-order chi connectivity index (χ0) is 28.9. The van der Waals surface area contributed by atoms with E-state index in [0.717, 1.165) is 22.5 Å². The van der Waals surface area contributed by atoms with E-state index in [1.807, 2.05) is 43.3 Å². The molecule has 3 N–H and O–H groups in total. The quantitative estimate of drug-likeness (QED) is 0.181. The third-order valence-corrected chi connectivity index (χ3v) is 8.48. The maximum atomic E-state index is 13.3. The molecule has 2 aliphatic heterocycles. The van der Waals surface area contributed by atoms with E-state index < -0.39 is 34.7 Å². The fourth-order valence-corrected chi connectivity index (χ4v) is 6.31. The van der Waals surface area contributed by atoms with E-state index in [9.17, 15) is 19.2 Å². The molecule has 212 valence electrons. The Hall–Kier alpha value is -3.91. The number of nitrogens with two attached hydrogens (primary N) is 1. The Kier molecular flexibility index (Phi) is 9.10. The highest BCUT2D eigenvalue weighted by Gasteiger charge is 2.58. The largest absolute Gasteiger partial charge is 0.465 e. The maximum absolute atomic E-state index is 13.3. The van der Waals surface area contributed by atoms with Gasteiger partial charge in [-0.05, 0) is 18.1 Å². The average Bonchev–Trinajstić information content (AvgIpc) is 3.38. The van der Waals surface area contributed by atoms with Crippen molar-refractivity contribution in [1.82, 2.24) is 15.2 Å². The Bertz CT molecular complexity index is 1350. The van der Waals surface area contributed by atoms with Crippen LogP contribution in [0.4, 0.5) is 5.13 Å². The van der Waals surface area contributed by atoms with Gasteiger partial charge in [0.1, 0.15) is 42.8 Å². The molecule has 1 aromatic carbocycles. The Balaban J connectivity index is 1.43. The first-order valence-corrected chi connectivity index (χ1v) is 14.1. The van der Waals surface area contributed by atoms with Crippen LogP contribution in [0.15, 0.2) is 46.4 Å². The topological polar surface area (TPSA) is 163 Å².